The van der Waals surface area contributed by atoms with E-state index in [0.29, 0.717) is 18.9 Å². The summed E-state index contributed by atoms with van der Waals surface area (Å²) in [6.07, 6.45) is 5.11. The van der Waals surface area contributed by atoms with E-state index in [1.807, 2.05) is 24.7 Å². The van der Waals surface area contributed by atoms with Gasteiger partial charge in [0.25, 0.3) is 0 Å². The largest absolute Gasteiger partial charge is 0.417 e. The number of nitrogens with zero attached hydrogens (tertiary/aromatic N) is 5. The summed E-state index contributed by atoms with van der Waals surface area (Å²) >= 11 is 0. The molecule has 0 aliphatic heterocycles. The van der Waals surface area contributed by atoms with E-state index in [4.69, 9.17) is 4.42 Å². The zero-order chi connectivity index (χ0) is 13.8. The summed E-state index contributed by atoms with van der Waals surface area (Å²) in [5.74, 6) is 1.03. The second kappa shape index (κ2) is 5.64. The number of aryl methyl sites for hydroxylation is 2. The lowest BCUT2D eigenvalue weighted by Gasteiger charge is -2.14. The first kappa shape index (κ1) is 13.3. The summed E-state index contributed by atoms with van der Waals surface area (Å²) < 4.78 is 7.18. The molecule has 0 aliphatic carbocycles. The van der Waals surface area contributed by atoms with Gasteiger partial charge >= 0.3 is 11.8 Å². The van der Waals surface area contributed by atoms with E-state index in [9.17, 15) is 4.79 Å². The fourth-order valence-electron chi connectivity index (χ4n) is 1.65. The number of carbonyl (C=O) groups is 1. The third kappa shape index (κ3) is 2.98. The maximum Gasteiger partial charge on any atom is 0.311 e. The molecule has 0 spiro atoms. The van der Waals surface area contributed by atoms with Gasteiger partial charge in [-0.2, -0.15) is 0 Å². The standard InChI is InChI=1S/C12H17N5O2/c1-4-5-10-14-15-11(19-10)12(18)17(3)8-9-13-6-7-16(9)2/h6-7H,4-5,8H2,1-3H3. The van der Waals surface area contributed by atoms with Crippen molar-refractivity contribution in [1.82, 2.24) is 24.6 Å². The third-order valence-corrected chi connectivity index (χ3v) is 2.76. The Bertz CT molecular complexity index is 560. The maximum absolute atomic E-state index is 12.1. The normalized spacial score (nSPS) is 10.7. The summed E-state index contributed by atoms with van der Waals surface area (Å²) in [7, 11) is 3.56. The highest BCUT2D eigenvalue weighted by atomic mass is 16.4. The second-order valence-electron chi connectivity index (χ2n) is 4.37. The topological polar surface area (TPSA) is 77.1 Å². The second-order valence-corrected chi connectivity index (χ2v) is 4.37. The summed E-state index contributed by atoms with van der Waals surface area (Å²) in [6.45, 7) is 2.41. The average Bonchev–Trinajstić information content (AvgIpc) is 2.99. The molecule has 0 radical (unpaired) electrons. The molecule has 0 unspecified atom stereocenters. The van der Waals surface area contributed by atoms with Crippen LogP contribution in [0.15, 0.2) is 16.8 Å². The summed E-state index contributed by atoms with van der Waals surface area (Å²) in [5, 5.41) is 7.61. The van der Waals surface area contributed by atoms with Crippen molar-refractivity contribution in [1.29, 1.82) is 0 Å². The number of aromatic nitrogens is 4. The van der Waals surface area contributed by atoms with E-state index in [2.05, 4.69) is 15.2 Å². The molecular formula is C12H17N5O2. The van der Waals surface area contributed by atoms with Gasteiger partial charge in [-0.1, -0.05) is 6.92 Å². The minimum atomic E-state index is -0.294. The van der Waals surface area contributed by atoms with E-state index in [0.717, 1.165) is 12.2 Å². The van der Waals surface area contributed by atoms with Crippen LogP contribution in [0.1, 0.15) is 35.7 Å². The van der Waals surface area contributed by atoms with Gasteiger partial charge in [-0.3, -0.25) is 4.79 Å². The molecule has 2 aromatic heterocycles. The van der Waals surface area contributed by atoms with Crippen molar-refractivity contribution in [2.75, 3.05) is 7.05 Å². The van der Waals surface area contributed by atoms with E-state index < -0.39 is 0 Å². The number of rotatable bonds is 5. The number of carbonyl (C=O) groups excluding carboxylic acids is 1. The van der Waals surface area contributed by atoms with Crippen LogP contribution in [0, 0.1) is 0 Å². The lowest BCUT2D eigenvalue weighted by Crippen LogP contribution is -2.27. The molecule has 0 bridgehead atoms. The fraction of sp³-hybridized carbons (Fsp3) is 0.500. The zero-order valence-corrected chi connectivity index (χ0v) is 11.3. The van der Waals surface area contributed by atoms with Gasteiger partial charge in [-0.15, -0.1) is 10.2 Å². The Morgan fingerprint density at radius 1 is 1.47 bits per heavy atom. The molecule has 2 rings (SSSR count). The summed E-state index contributed by atoms with van der Waals surface area (Å²) in [4.78, 5) is 17.8. The zero-order valence-electron chi connectivity index (χ0n) is 11.3. The van der Waals surface area contributed by atoms with Crippen molar-refractivity contribution >= 4 is 5.91 Å². The van der Waals surface area contributed by atoms with Crippen LogP contribution >= 0.6 is 0 Å². The van der Waals surface area contributed by atoms with Crippen molar-refractivity contribution in [3.63, 3.8) is 0 Å². The van der Waals surface area contributed by atoms with E-state index >= 15 is 0 Å². The third-order valence-electron chi connectivity index (χ3n) is 2.76. The molecule has 0 fully saturated rings. The first-order valence-corrected chi connectivity index (χ1v) is 6.16. The van der Waals surface area contributed by atoms with Gasteiger partial charge in [0.15, 0.2) is 0 Å². The predicted molar refractivity (Wildman–Crippen MR) is 67.3 cm³/mol. The number of hydrogen-bond acceptors (Lipinski definition) is 5. The molecule has 0 aliphatic rings. The molecule has 0 atom stereocenters. The Kier molecular flexibility index (Phi) is 3.94. The van der Waals surface area contributed by atoms with Gasteiger partial charge in [-0.05, 0) is 6.42 Å². The van der Waals surface area contributed by atoms with Crippen LogP contribution in [0.25, 0.3) is 0 Å². The quantitative estimate of drug-likeness (QED) is 0.805. The van der Waals surface area contributed by atoms with Crippen molar-refractivity contribution in [3.8, 4) is 0 Å². The van der Waals surface area contributed by atoms with Gasteiger partial charge in [0.05, 0.1) is 6.54 Å². The van der Waals surface area contributed by atoms with Crippen LogP contribution < -0.4 is 0 Å². The average molecular weight is 263 g/mol. The van der Waals surface area contributed by atoms with Crippen LogP contribution in [0.3, 0.4) is 0 Å². The molecular weight excluding hydrogens is 246 g/mol. The van der Waals surface area contributed by atoms with Gasteiger partial charge < -0.3 is 13.9 Å². The lowest BCUT2D eigenvalue weighted by atomic mass is 10.3. The van der Waals surface area contributed by atoms with E-state index in [1.165, 1.54) is 4.90 Å². The van der Waals surface area contributed by atoms with Crippen LogP contribution in [0.5, 0.6) is 0 Å². The number of amides is 1. The predicted octanol–water partition coefficient (Wildman–Crippen LogP) is 1.03. The highest BCUT2D eigenvalue weighted by molar-refractivity contribution is 5.89. The molecule has 0 saturated heterocycles. The molecule has 0 aromatic carbocycles. The molecule has 2 aromatic rings. The summed E-state index contributed by atoms with van der Waals surface area (Å²) in [6, 6.07) is 0. The van der Waals surface area contributed by atoms with Gasteiger partial charge in [0.1, 0.15) is 5.82 Å². The highest BCUT2D eigenvalue weighted by Crippen LogP contribution is 2.07. The Balaban J connectivity index is 2.04. The van der Waals surface area contributed by atoms with Gasteiger partial charge in [-0.25, -0.2) is 4.98 Å². The van der Waals surface area contributed by atoms with Gasteiger partial charge in [0, 0.05) is 32.9 Å². The molecule has 1 amide bonds. The Labute approximate surface area is 111 Å². The Morgan fingerprint density at radius 2 is 2.26 bits per heavy atom. The first-order chi connectivity index (χ1) is 9.11. The van der Waals surface area contributed by atoms with E-state index in [1.54, 1.807) is 13.2 Å². The van der Waals surface area contributed by atoms with Crippen LogP contribution in [-0.2, 0) is 20.0 Å². The molecule has 19 heavy (non-hydrogen) atoms. The number of imidazole rings is 1. The van der Waals surface area contributed by atoms with Crippen molar-refractivity contribution in [2.24, 2.45) is 7.05 Å². The molecule has 0 saturated carbocycles. The molecule has 2 heterocycles. The SMILES string of the molecule is CCCc1nnc(C(=O)N(C)Cc2nccn2C)o1. The maximum atomic E-state index is 12.1. The number of hydrogen-bond donors (Lipinski definition) is 0. The monoisotopic (exact) mass is 263 g/mol. The van der Waals surface area contributed by atoms with Crippen LogP contribution in [0.2, 0.25) is 0 Å². The highest BCUT2D eigenvalue weighted by Gasteiger charge is 2.20. The van der Waals surface area contributed by atoms with Crippen LogP contribution in [0.4, 0.5) is 0 Å². The molecule has 0 N–H and O–H groups in total. The van der Waals surface area contributed by atoms with Crippen molar-refractivity contribution in [2.45, 2.75) is 26.3 Å². The Morgan fingerprint density at radius 3 is 2.89 bits per heavy atom. The van der Waals surface area contributed by atoms with Gasteiger partial charge in [0.2, 0.25) is 5.89 Å². The Hall–Kier alpha value is -2.18. The first-order valence-electron chi connectivity index (χ1n) is 6.16. The van der Waals surface area contributed by atoms with Crippen molar-refractivity contribution < 1.29 is 9.21 Å². The van der Waals surface area contributed by atoms with Crippen LogP contribution in [-0.4, -0.2) is 37.6 Å². The minimum Gasteiger partial charge on any atom is -0.417 e. The smallest absolute Gasteiger partial charge is 0.311 e. The minimum absolute atomic E-state index is 0.0279. The molecule has 102 valence electrons. The fourth-order valence-corrected chi connectivity index (χ4v) is 1.65. The van der Waals surface area contributed by atoms with Crippen molar-refractivity contribution in [3.05, 3.63) is 30.0 Å². The van der Waals surface area contributed by atoms with E-state index in [-0.39, 0.29) is 11.8 Å². The molecule has 7 nitrogen and oxygen atoms in total. The molecule has 7 heteroatoms. The lowest BCUT2D eigenvalue weighted by molar-refractivity contribution is 0.0739. The summed E-state index contributed by atoms with van der Waals surface area (Å²) in [5.41, 5.74) is 0.